The van der Waals surface area contributed by atoms with Gasteiger partial charge in [-0.3, -0.25) is 25.0 Å². The number of carbonyl (C=O) groups is 3. The molecule has 0 spiro atoms. The third kappa shape index (κ3) is 2.76. The zero-order chi connectivity index (χ0) is 11.6. The molecule has 0 aromatic rings. The van der Waals surface area contributed by atoms with Crippen molar-refractivity contribution < 1.29 is 19.5 Å². The highest BCUT2D eigenvalue weighted by atomic mass is 16.4. The Morgan fingerprint density at radius 3 is 2.47 bits per heavy atom. The van der Waals surface area contributed by atoms with Crippen LogP contribution in [0.15, 0.2) is 0 Å². The van der Waals surface area contributed by atoms with E-state index >= 15 is 0 Å². The summed E-state index contributed by atoms with van der Waals surface area (Å²) in [5.74, 6) is -1.99. The van der Waals surface area contributed by atoms with Gasteiger partial charge in [0.05, 0.1) is 12.5 Å². The van der Waals surface area contributed by atoms with E-state index in [1.54, 1.807) is 13.8 Å². The van der Waals surface area contributed by atoms with Gasteiger partial charge in [0.2, 0.25) is 11.8 Å². The van der Waals surface area contributed by atoms with E-state index in [0.717, 1.165) is 0 Å². The van der Waals surface area contributed by atoms with Crippen molar-refractivity contribution in [2.24, 2.45) is 5.92 Å². The van der Waals surface area contributed by atoms with Crippen molar-refractivity contribution in [2.75, 3.05) is 0 Å². The number of nitrogens with one attached hydrogen (secondary N) is 2. The minimum atomic E-state index is -1.02. The van der Waals surface area contributed by atoms with E-state index in [9.17, 15) is 14.4 Å². The Kier molecular flexibility index (Phi) is 3.41. The molecule has 1 aliphatic heterocycles. The van der Waals surface area contributed by atoms with E-state index in [0.29, 0.717) is 0 Å². The number of carboxylic acids is 1. The highest BCUT2D eigenvalue weighted by Crippen LogP contribution is 2.08. The standard InChI is InChI=1S/C9H14N2O4/c1-4(2)7(9(14)15)10-5-3-6(12)11-8(5)13/h4-5,7,10H,3H2,1-2H3,(H,14,15)(H,11,12,13). The Balaban J connectivity index is 2.63. The highest BCUT2D eigenvalue weighted by Gasteiger charge is 2.34. The molecule has 1 rings (SSSR count). The van der Waals surface area contributed by atoms with Crippen molar-refractivity contribution in [1.82, 2.24) is 10.6 Å². The second-order valence-corrected chi connectivity index (χ2v) is 3.90. The van der Waals surface area contributed by atoms with Crippen LogP contribution in [-0.2, 0) is 14.4 Å². The Morgan fingerprint density at radius 2 is 2.13 bits per heavy atom. The van der Waals surface area contributed by atoms with Gasteiger partial charge >= 0.3 is 5.97 Å². The van der Waals surface area contributed by atoms with Gasteiger partial charge in [-0.25, -0.2) is 0 Å². The maximum atomic E-state index is 11.2. The van der Waals surface area contributed by atoms with Crippen LogP contribution in [0.1, 0.15) is 20.3 Å². The van der Waals surface area contributed by atoms with Crippen LogP contribution >= 0.6 is 0 Å². The molecule has 0 aromatic heterocycles. The van der Waals surface area contributed by atoms with Crippen LogP contribution in [-0.4, -0.2) is 35.0 Å². The lowest BCUT2D eigenvalue weighted by Gasteiger charge is -2.20. The Bertz CT molecular complexity index is 300. The highest BCUT2D eigenvalue weighted by molar-refractivity contribution is 6.05. The Morgan fingerprint density at radius 1 is 1.53 bits per heavy atom. The minimum Gasteiger partial charge on any atom is -0.480 e. The maximum Gasteiger partial charge on any atom is 0.320 e. The molecule has 6 heteroatoms. The predicted octanol–water partition coefficient (Wildman–Crippen LogP) is -0.900. The molecule has 84 valence electrons. The Hall–Kier alpha value is -1.43. The number of carboxylic acid groups (broad SMARTS) is 1. The van der Waals surface area contributed by atoms with Crippen LogP contribution in [0.5, 0.6) is 0 Å². The smallest absolute Gasteiger partial charge is 0.320 e. The molecule has 2 atom stereocenters. The molecular formula is C9H14N2O4. The van der Waals surface area contributed by atoms with E-state index in [-0.39, 0.29) is 18.2 Å². The van der Waals surface area contributed by atoms with Gasteiger partial charge < -0.3 is 5.11 Å². The summed E-state index contributed by atoms with van der Waals surface area (Å²) < 4.78 is 0. The van der Waals surface area contributed by atoms with Crippen LogP contribution in [0.4, 0.5) is 0 Å². The lowest BCUT2D eigenvalue weighted by Crippen LogP contribution is -2.49. The number of hydrogen-bond acceptors (Lipinski definition) is 4. The summed E-state index contributed by atoms with van der Waals surface area (Å²) >= 11 is 0. The van der Waals surface area contributed by atoms with E-state index in [2.05, 4.69) is 10.6 Å². The van der Waals surface area contributed by atoms with Gasteiger partial charge in [0.15, 0.2) is 0 Å². The summed E-state index contributed by atoms with van der Waals surface area (Å²) in [4.78, 5) is 32.9. The molecule has 1 saturated heterocycles. The summed E-state index contributed by atoms with van der Waals surface area (Å²) in [6, 6.07) is -1.53. The molecule has 1 heterocycles. The SMILES string of the molecule is CC(C)C(NC1CC(=O)NC1=O)C(=O)O. The molecule has 0 radical (unpaired) electrons. The normalized spacial score (nSPS) is 23.0. The summed E-state index contributed by atoms with van der Waals surface area (Å²) in [6.45, 7) is 3.47. The molecule has 0 aliphatic carbocycles. The maximum absolute atomic E-state index is 11.2. The fraction of sp³-hybridized carbons (Fsp3) is 0.667. The Labute approximate surface area is 87.0 Å². The van der Waals surface area contributed by atoms with Crippen LogP contribution in [0.3, 0.4) is 0 Å². The van der Waals surface area contributed by atoms with Gasteiger partial charge in [-0.05, 0) is 5.92 Å². The van der Waals surface area contributed by atoms with Gasteiger partial charge in [0.25, 0.3) is 0 Å². The first kappa shape index (κ1) is 11.6. The number of amides is 2. The van der Waals surface area contributed by atoms with Crippen LogP contribution < -0.4 is 10.6 Å². The minimum absolute atomic E-state index is 0.00926. The summed E-state index contributed by atoms with van der Waals surface area (Å²) in [5.41, 5.74) is 0. The first-order valence-electron chi connectivity index (χ1n) is 4.74. The number of rotatable bonds is 4. The quantitative estimate of drug-likeness (QED) is 0.527. The third-order valence-electron chi connectivity index (χ3n) is 2.28. The van der Waals surface area contributed by atoms with Gasteiger partial charge in [-0.2, -0.15) is 0 Å². The fourth-order valence-electron chi connectivity index (χ4n) is 1.45. The molecule has 15 heavy (non-hydrogen) atoms. The van der Waals surface area contributed by atoms with Crippen molar-refractivity contribution in [3.8, 4) is 0 Å². The average Bonchev–Trinajstić information content (AvgIpc) is 2.39. The molecule has 0 saturated carbocycles. The first-order valence-corrected chi connectivity index (χ1v) is 4.74. The van der Waals surface area contributed by atoms with Gasteiger partial charge in [0, 0.05) is 0 Å². The van der Waals surface area contributed by atoms with Crippen LogP contribution in [0, 0.1) is 5.92 Å². The van der Waals surface area contributed by atoms with Crippen molar-refractivity contribution >= 4 is 17.8 Å². The zero-order valence-corrected chi connectivity index (χ0v) is 8.61. The third-order valence-corrected chi connectivity index (χ3v) is 2.28. The number of carbonyl (C=O) groups excluding carboxylic acids is 2. The second-order valence-electron chi connectivity index (χ2n) is 3.90. The van der Waals surface area contributed by atoms with E-state index in [4.69, 9.17) is 5.11 Å². The van der Waals surface area contributed by atoms with Gasteiger partial charge in [-0.15, -0.1) is 0 Å². The van der Waals surface area contributed by atoms with E-state index in [1.807, 2.05) is 0 Å². The van der Waals surface area contributed by atoms with Gasteiger partial charge in [0.1, 0.15) is 6.04 Å². The molecule has 2 amide bonds. The molecule has 3 N–H and O–H groups in total. The van der Waals surface area contributed by atoms with Crippen molar-refractivity contribution in [2.45, 2.75) is 32.4 Å². The van der Waals surface area contributed by atoms with E-state index in [1.165, 1.54) is 0 Å². The first-order chi connectivity index (χ1) is 6.91. The molecule has 0 aromatic carbocycles. The molecule has 0 bridgehead atoms. The molecule has 1 aliphatic rings. The molecule has 6 nitrogen and oxygen atoms in total. The second kappa shape index (κ2) is 4.39. The van der Waals surface area contributed by atoms with Crippen molar-refractivity contribution in [3.05, 3.63) is 0 Å². The average molecular weight is 214 g/mol. The largest absolute Gasteiger partial charge is 0.480 e. The van der Waals surface area contributed by atoms with Crippen molar-refractivity contribution in [1.29, 1.82) is 0 Å². The zero-order valence-electron chi connectivity index (χ0n) is 8.61. The number of hydrogen-bond donors (Lipinski definition) is 3. The summed E-state index contributed by atoms with van der Waals surface area (Å²) in [5, 5.41) is 13.7. The molecule has 2 unspecified atom stereocenters. The topological polar surface area (TPSA) is 95.5 Å². The summed E-state index contributed by atoms with van der Waals surface area (Å²) in [6.07, 6.45) is 0.00926. The molecular weight excluding hydrogens is 200 g/mol. The van der Waals surface area contributed by atoms with Crippen LogP contribution in [0.25, 0.3) is 0 Å². The van der Waals surface area contributed by atoms with Crippen molar-refractivity contribution in [3.63, 3.8) is 0 Å². The van der Waals surface area contributed by atoms with Gasteiger partial charge in [-0.1, -0.05) is 13.8 Å². The lowest BCUT2D eigenvalue weighted by atomic mass is 10.0. The van der Waals surface area contributed by atoms with Crippen LogP contribution in [0.2, 0.25) is 0 Å². The lowest BCUT2D eigenvalue weighted by molar-refractivity contribution is -0.141. The summed E-state index contributed by atoms with van der Waals surface area (Å²) in [7, 11) is 0. The monoisotopic (exact) mass is 214 g/mol. The van der Waals surface area contributed by atoms with E-state index < -0.39 is 24.0 Å². The number of imide groups is 1. The number of aliphatic carboxylic acids is 1. The predicted molar refractivity (Wildman–Crippen MR) is 51.0 cm³/mol. The molecule has 1 fully saturated rings. The fourth-order valence-corrected chi connectivity index (χ4v) is 1.45.